The zero-order valence-corrected chi connectivity index (χ0v) is 18.8. The van der Waals surface area contributed by atoms with E-state index in [2.05, 4.69) is 79.8 Å². The van der Waals surface area contributed by atoms with Gasteiger partial charge in [-0.15, -0.1) is 0 Å². The lowest BCUT2D eigenvalue weighted by Gasteiger charge is -2.15. The van der Waals surface area contributed by atoms with E-state index in [-0.39, 0.29) is 0 Å². The van der Waals surface area contributed by atoms with Crippen molar-refractivity contribution in [2.24, 2.45) is 0 Å². The van der Waals surface area contributed by atoms with Gasteiger partial charge in [0.25, 0.3) is 0 Å². The number of hydrogen-bond acceptors (Lipinski definition) is 2. The van der Waals surface area contributed by atoms with E-state index in [1.807, 2.05) is 0 Å². The van der Waals surface area contributed by atoms with Gasteiger partial charge in [-0.3, -0.25) is 0 Å². The van der Waals surface area contributed by atoms with E-state index in [0.717, 1.165) is 38.3 Å². The van der Waals surface area contributed by atoms with E-state index >= 15 is 0 Å². The average Bonchev–Trinajstić information content (AvgIpc) is 2.77. The highest BCUT2D eigenvalue weighted by molar-refractivity contribution is 5.87. The summed E-state index contributed by atoms with van der Waals surface area (Å²) in [4.78, 5) is 0. The predicted octanol–water partition coefficient (Wildman–Crippen LogP) is 7.22. The van der Waals surface area contributed by atoms with Gasteiger partial charge in [0.05, 0.1) is 6.61 Å². The Kier molecular flexibility index (Phi) is 9.24. The van der Waals surface area contributed by atoms with E-state index in [9.17, 15) is 0 Å². The van der Waals surface area contributed by atoms with Crippen molar-refractivity contribution < 1.29 is 4.74 Å². The summed E-state index contributed by atoms with van der Waals surface area (Å²) in [6, 6.07) is 21.6. The Hall–Kier alpha value is -2.32. The molecule has 0 atom stereocenters. The van der Waals surface area contributed by atoms with Gasteiger partial charge in [-0.05, 0) is 54.3 Å². The van der Waals surface area contributed by atoms with Crippen LogP contribution in [0.15, 0.2) is 60.7 Å². The van der Waals surface area contributed by atoms with E-state index in [1.54, 1.807) is 0 Å². The highest BCUT2D eigenvalue weighted by Gasteiger charge is 2.09. The van der Waals surface area contributed by atoms with Crippen LogP contribution in [-0.2, 0) is 13.0 Å². The molecule has 2 heteroatoms. The molecule has 0 aliphatic rings. The fourth-order valence-corrected chi connectivity index (χ4v) is 4.03. The third-order valence-electron chi connectivity index (χ3n) is 5.89. The van der Waals surface area contributed by atoms with Crippen LogP contribution in [0.5, 0.6) is 5.75 Å². The van der Waals surface area contributed by atoms with Gasteiger partial charge >= 0.3 is 0 Å². The van der Waals surface area contributed by atoms with Gasteiger partial charge < -0.3 is 10.1 Å². The minimum absolute atomic E-state index is 0.806. The summed E-state index contributed by atoms with van der Waals surface area (Å²) in [6.45, 7) is 7.05. The Labute approximate surface area is 182 Å². The SMILES string of the molecule is CCCCCCCCOc1ccc2ccccc2c1CNCCc1ccccc1C. The predicted molar refractivity (Wildman–Crippen MR) is 129 cm³/mol. The lowest BCUT2D eigenvalue weighted by molar-refractivity contribution is 0.301. The van der Waals surface area contributed by atoms with Crippen LogP contribution in [0, 0.1) is 6.92 Å². The molecule has 160 valence electrons. The lowest BCUT2D eigenvalue weighted by atomic mass is 10.0. The highest BCUT2D eigenvalue weighted by Crippen LogP contribution is 2.28. The molecule has 0 radical (unpaired) electrons. The van der Waals surface area contributed by atoms with Crippen molar-refractivity contribution in [1.29, 1.82) is 0 Å². The first kappa shape index (κ1) is 22.4. The molecule has 0 saturated heterocycles. The van der Waals surface area contributed by atoms with Gasteiger partial charge in [0.15, 0.2) is 0 Å². The van der Waals surface area contributed by atoms with Gasteiger partial charge in [-0.2, -0.15) is 0 Å². The Morgan fingerprint density at radius 3 is 2.43 bits per heavy atom. The van der Waals surface area contributed by atoms with Crippen LogP contribution in [-0.4, -0.2) is 13.2 Å². The molecule has 0 amide bonds. The molecule has 0 bridgehead atoms. The minimum Gasteiger partial charge on any atom is -0.493 e. The smallest absolute Gasteiger partial charge is 0.124 e. The third kappa shape index (κ3) is 6.60. The molecule has 0 aromatic heterocycles. The fraction of sp³-hybridized carbons (Fsp3) is 0.429. The topological polar surface area (TPSA) is 21.3 Å². The Morgan fingerprint density at radius 1 is 0.800 bits per heavy atom. The summed E-state index contributed by atoms with van der Waals surface area (Å²) >= 11 is 0. The van der Waals surface area contributed by atoms with Crippen LogP contribution in [0.2, 0.25) is 0 Å². The Morgan fingerprint density at radius 2 is 1.57 bits per heavy atom. The number of nitrogens with one attached hydrogen (secondary N) is 1. The maximum Gasteiger partial charge on any atom is 0.124 e. The number of unbranched alkanes of at least 4 members (excludes halogenated alkanes) is 5. The largest absolute Gasteiger partial charge is 0.493 e. The normalized spacial score (nSPS) is 11.1. The average molecular weight is 404 g/mol. The number of ether oxygens (including phenoxy) is 1. The van der Waals surface area contributed by atoms with Crippen LogP contribution in [0.25, 0.3) is 10.8 Å². The monoisotopic (exact) mass is 403 g/mol. The van der Waals surface area contributed by atoms with Crippen molar-refractivity contribution in [1.82, 2.24) is 5.32 Å². The minimum atomic E-state index is 0.806. The van der Waals surface area contributed by atoms with E-state index < -0.39 is 0 Å². The second-order valence-electron chi connectivity index (χ2n) is 8.23. The summed E-state index contributed by atoms with van der Waals surface area (Å²) in [5.41, 5.74) is 4.07. The third-order valence-corrected chi connectivity index (χ3v) is 5.89. The molecule has 0 unspecified atom stereocenters. The summed E-state index contributed by atoms with van der Waals surface area (Å²) in [5.74, 6) is 1.03. The molecule has 0 spiro atoms. The molecule has 3 aromatic carbocycles. The molecule has 3 rings (SSSR count). The van der Waals surface area contributed by atoms with Crippen molar-refractivity contribution in [3.63, 3.8) is 0 Å². The van der Waals surface area contributed by atoms with Crippen molar-refractivity contribution in [2.45, 2.75) is 65.3 Å². The maximum atomic E-state index is 6.25. The Bertz CT molecular complexity index is 902. The van der Waals surface area contributed by atoms with Gasteiger partial charge in [0.2, 0.25) is 0 Å². The van der Waals surface area contributed by atoms with Crippen LogP contribution < -0.4 is 10.1 Å². The van der Waals surface area contributed by atoms with Crippen LogP contribution >= 0.6 is 0 Å². The molecule has 1 N–H and O–H groups in total. The first-order valence-corrected chi connectivity index (χ1v) is 11.7. The summed E-state index contributed by atoms with van der Waals surface area (Å²) in [6.07, 6.45) is 8.77. The second kappa shape index (κ2) is 12.4. The molecule has 3 aromatic rings. The standard InChI is InChI=1S/C28H37NO/c1-3-4-5-6-7-12-21-30-28-18-17-25-15-10-11-16-26(25)27(28)22-29-20-19-24-14-9-8-13-23(24)2/h8-11,13-18,29H,3-7,12,19-22H2,1-2H3. The second-order valence-corrected chi connectivity index (χ2v) is 8.23. The summed E-state index contributed by atoms with van der Waals surface area (Å²) < 4.78 is 6.25. The fourth-order valence-electron chi connectivity index (χ4n) is 4.03. The van der Waals surface area contributed by atoms with Gasteiger partial charge in [-0.1, -0.05) is 93.6 Å². The lowest BCUT2D eigenvalue weighted by Crippen LogP contribution is -2.18. The number of benzene rings is 3. The molecular weight excluding hydrogens is 366 g/mol. The van der Waals surface area contributed by atoms with Gasteiger partial charge in [0.1, 0.15) is 5.75 Å². The van der Waals surface area contributed by atoms with Crippen molar-refractivity contribution >= 4 is 10.8 Å². The first-order valence-electron chi connectivity index (χ1n) is 11.7. The van der Waals surface area contributed by atoms with Gasteiger partial charge in [0, 0.05) is 12.1 Å². The highest BCUT2D eigenvalue weighted by atomic mass is 16.5. The van der Waals surface area contributed by atoms with E-state index in [1.165, 1.54) is 59.6 Å². The molecule has 30 heavy (non-hydrogen) atoms. The van der Waals surface area contributed by atoms with Crippen molar-refractivity contribution in [3.05, 3.63) is 77.4 Å². The number of fused-ring (bicyclic) bond motifs is 1. The van der Waals surface area contributed by atoms with E-state index in [4.69, 9.17) is 4.74 Å². The first-order chi connectivity index (χ1) is 14.8. The maximum absolute atomic E-state index is 6.25. The van der Waals surface area contributed by atoms with Gasteiger partial charge in [-0.25, -0.2) is 0 Å². The summed E-state index contributed by atoms with van der Waals surface area (Å²) in [7, 11) is 0. The quantitative estimate of drug-likeness (QED) is 0.304. The molecule has 0 aliphatic carbocycles. The van der Waals surface area contributed by atoms with Crippen LogP contribution in [0.4, 0.5) is 0 Å². The number of aryl methyl sites for hydroxylation is 1. The van der Waals surface area contributed by atoms with Crippen molar-refractivity contribution in [3.8, 4) is 5.75 Å². The Balaban J connectivity index is 1.58. The molecule has 0 heterocycles. The summed E-state index contributed by atoms with van der Waals surface area (Å²) in [5, 5.41) is 6.23. The molecule has 0 aliphatic heterocycles. The van der Waals surface area contributed by atoms with Crippen LogP contribution in [0.3, 0.4) is 0 Å². The zero-order chi connectivity index (χ0) is 21.0. The number of rotatable bonds is 13. The van der Waals surface area contributed by atoms with Crippen LogP contribution in [0.1, 0.15) is 62.1 Å². The van der Waals surface area contributed by atoms with Crippen molar-refractivity contribution in [2.75, 3.05) is 13.2 Å². The molecule has 2 nitrogen and oxygen atoms in total. The molecular formula is C28H37NO. The number of hydrogen-bond donors (Lipinski definition) is 1. The zero-order valence-electron chi connectivity index (χ0n) is 18.8. The van der Waals surface area contributed by atoms with E-state index in [0.29, 0.717) is 0 Å². The molecule has 0 saturated carbocycles. The molecule has 0 fully saturated rings.